The highest BCUT2D eigenvalue weighted by Gasteiger charge is 2.15. The fourth-order valence-corrected chi connectivity index (χ4v) is 2.71. The van der Waals surface area contributed by atoms with E-state index in [4.69, 9.17) is 23.2 Å². The molecule has 1 aromatic heterocycles. The molecule has 3 nitrogen and oxygen atoms in total. The van der Waals surface area contributed by atoms with Crippen LogP contribution in [0.1, 0.15) is 15.2 Å². The number of hydrogen-bond acceptors (Lipinski definition) is 3. The van der Waals surface area contributed by atoms with Crippen LogP contribution in [0, 0.1) is 6.92 Å². The molecular formula is C12H9Cl2NO2S. The molecule has 1 heterocycles. The van der Waals surface area contributed by atoms with Crippen LogP contribution in [0.15, 0.2) is 23.6 Å². The minimum absolute atomic E-state index is 0.0281. The van der Waals surface area contributed by atoms with Gasteiger partial charge in [0.15, 0.2) is 0 Å². The Morgan fingerprint density at radius 2 is 2.11 bits per heavy atom. The number of anilines is 1. The Morgan fingerprint density at radius 1 is 1.39 bits per heavy atom. The van der Waals surface area contributed by atoms with E-state index in [9.17, 15) is 9.90 Å². The van der Waals surface area contributed by atoms with Crippen molar-refractivity contribution in [2.24, 2.45) is 0 Å². The minimum atomic E-state index is -0.292. The average molecular weight is 302 g/mol. The summed E-state index contributed by atoms with van der Waals surface area (Å²) in [4.78, 5) is 12.4. The SMILES string of the molecule is Cc1csc(C(=O)Nc2ccc(O)c(Cl)c2)c1Cl. The number of carbonyl (C=O) groups is 1. The number of benzene rings is 1. The lowest BCUT2D eigenvalue weighted by Crippen LogP contribution is -2.10. The molecule has 0 aliphatic rings. The van der Waals surface area contributed by atoms with Crippen molar-refractivity contribution in [3.8, 4) is 5.75 Å². The highest BCUT2D eigenvalue weighted by Crippen LogP contribution is 2.29. The Labute approximate surface area is 118 Å². The molecule has 0 spiro atoms. The Kier molecular flexibility index (Phi) is 3.80. The molecule has 94 valence electrons. The van der Waals surface area contributed by atoms with Crippen LogP contribution in [0.25, 0.3) is 0 Å². The Hall–Kier alpha value is -1.23. The van der Waals surface area contributed by atoms with Crippen molar-refractivity contribution in [1.82, 2.24) is 0 Å². The van der Waals surface area contributed by atoms with Gasteiger partial charge in [0.25, 0.3) is 5.91 Å². The first kappa shape index (κ1) is 13.2. The van der Waals surface area contributed by atoms with Crippen LogP contribution in [0.4, 0.5) is 5.69 Å². The molecule has 1 amide bonds. The lowest BCUT2D eigenvalue weighted by atomic mass is 10.3. The molecule has 0 atom stereocenters. The number of amides is 1. The third kappa shape index (κ3) is 2.61. The van der Waals surface area contributed by atoms with Gasteiger partial charge in [-0.3, -0.25) is 4.79 Å². The molecule has 2 aromatic rings. The fraction of sp³-hybridized carbons (Fsp3) is 0.0833. The average Bonchev–Trinajstić information content (AvgIpc) is 2.65. The van der Waals surface area contributed by atoms with E-state index < -0.39 is 0 Å². The molecule has 1 aromatic carbocycles. The zero-order chi connectivity index (χ0) is 13.3. The largest absolute Gasteiger partial charge is 0.506 e. The molecule has 0 unspecified atom stereocenters. The zero-order valence-electron chi connectivity index (χ0n) is 9.33. The summed E-state index contributed by atoms with van der Waals surface area (Å²) in [6, 6.07) is 4.45. The molecule has 0 bridgehead atoms. The predicted molar refractivity (Wildman–Crippen MR) is 75.1 cm³/mol. The van der Waals surface area contributed by atoms with Crippen molar-refractivity contribution in [1.29, 1.82) is 0 Å². The maximum absolute atomic E-state index is 12.0. The predicted octanol–water partition coefficient (Wildman–Crippen LogP) is 4.32. The number of phenols is 1. The van der Waals surface area contributed by atoms with E-state index in [2.05, 4.69) is 5.32 Å². The van der Waals surface area contributed by atoms with E-state index in [1.165, 1.54) is 23.5 Å². The second kappa shape index (κ2) is 5.18. The second-order valence-corrected chi connectivity index (χ2v) is 5.35. The number of rotatable bonds is 2. The van der Waals surface area contributed by atoms with Gasteiger partial charge in [0.2, 0.25) is 0 Å². The Balaban J connectivity index is 2.21. The number of aromatic hydroxyl groups is 1. The first-order valence-electron chi connectivity index (χ1n) is 5.02. The number of nitrogens with one attached hydrogen (secondary N) is 1. The summed E-state index contributed by atoms with van der Waals surface area (Å²) in [6.07, 6.45) is 0. The topological polar surface area (TPSA) is 49.3 Å². The highest BCUT2D eigenvalue weighted by molar-refractivity contribution is 7.13. The van der Waals surface area contributed by atoms with Crippen LogP contribution in [0.5, 0.6) is 5.75 Å². The summed E-state index contributed by atoms with van der Waals surface area (Å²) in [5.74, 6) is -0.320. The van der Waals surface area contributed by atoms with Gasteiger partial charge in [-0.15, -0.1) is 11.3 Å². The van der Waals surface area contributed by atoms with Crippen molar-refractivity contribution in [2.75, 3.05) is 5.32 Å². The Bertz CT molecular complexity index is 610. The summed E-state index contributed by atoms with van der Waals surface area (Å²) < 4.78 is 0. The van der Waals surface area contributed by atoms with Crippen molar-refractivity contribution in [2.45, 2.75) is 6.92 Å². The molecule has 0 saturated carbocycles. The van der Waals surface area contributed by atoms with Gasteiger partial charge >= 0.3 is 0 Å². The minimum Gasteiger partial charge on any atom is -0.506 e. The normalized spacial score (nSPS) is 10.4. The lowest BCUT2D eigenvalue weighted by molar-refractivity contribution is 0.103. The molecule has 2 N–H and O–H groups in total. The van der Waals surface area contributed by atoms with Gasteiger partial charge in [-0.25, -0.2) is 0 Å². The standard InChI is InChI=1S/C12H9Cl2NO2S/c1-6-5-18-11(10(6)14)12(17)15-7-2-3-9(16)8(13)4-7/h2-5,16H,1H3,(H,15,17). The van der Waals surface area contributed by atoms with Crippen LogP contribution < -0.4 is 5.32 Å². The van der Waals surface area contributed by atoms with E-state index >= 15 is 0 Å². The third-order valence-corrected chi connectivity index (χ3v) is 4.31. The van der Waals surface area contributed by atoms with Crippen molar-refractivity contribution < 1.29 is 9.90 Å². The fourth-order valence-electron chi connectivity index (χ4n) is 1.36. The Morgan fingerprint density at radius 3 is 2.67 bits per heavy atom. The number of aryl methyl sites for hydroxylation is 1. The molecule has 0 fully saturated rings. The van der Waals surface area contributed by atoms with E-state index in [0.29, 0.717) is 15.6 Å². The van der Waals surface area contributed by atoms with Crippen LogP contribution >= 0.6 is 34.5 Å². The highest BCUT2D eigenvalue weighted by atomic mass is 35.5. The van der Waals surface area contributed by atoms with Crippen LogP contribution in [0.2, 0.25) is 10.0 Å². The summed E-state index contributed by atoms with van der Waals surface area (Å²) in [5.41, 5.74) is 1.38. The van der Waals surface area contributed by atoms with Crippen molar-refractivity contribution >= 4 is 46.1 Å². The van der Waals surface area contributed by atoms with E-state index in [1.807, 2.05) is 12.3 Å². The molecule has 18 heavy (non-hydrogen) atoms. The molecule has 0 aliphatic heterocycles. The smallest absolute Gasteiger partial charge is 0.267 e. The third-order valence-electron chi connectivity index (χ3n) is 2.31. The zero-order valence-corrected chi connectivity index (χ0v) is 11.7. The number of hydrogen-bond donors (Lipinski definition) is 2. The van der Waals surface area contributed by atoms with Gasteiger partial charge in [-0.05, 0) is 36.1 Å². The van der Waals surface area contributed by atoms with E-state index in [0.717, 1.165) is 5.56 Å². The van der Waals surface area contributed by atoms with Gasteiger partial charge in [-0.2, -0.15) is 0 Å². The molecule has 6 heteroatoms. The summed E-state index contributed by atoms with van der Waals surface area (Å²) in [7, 11) is 0. The van der Waals surface area contributed by atoms with Crippen LogP contribution in [0.3, 0.4) is 0 Å². The number of halogens is 2. The number of carbonyl (C=O) groups excluding carboxylic acids is 1. The number of thiophene rings is 1. The summed E-state index contributed by atoms with van der Waals surface area (Å²) in [5, 5.41) is 14.4. The van der Waals surface area contributed by atoms with E-state index in [-0.39, 0.29) is 16.7 Å². The first-order chi connectivity index (χ1) is 8.49. The monoisotopic (exact) mass is 301 g/mol. The lowest BCUT2D eigenvalue weighted by Gasteiger charge is -2.05. The van der Waals surface area contributed by atoms with Gasteiger partial charge < -0.3 is 10.4 Å². The second-order valence-electron chi connectivity index (χ2n) is 3.68. The van der Waals surface area contributed by atoms with Crippen LogP contribution in [-0.4, -0.2) is 11.0 Å². The maximum atomic E-state index is 12.0. The van der Waals surface area contributed by atoms with E-state index in [1.54, 1.807) is 6.07 Å². The first-order valence-corrected chi connectivity index (χ1v) is 6.66. The van der Waals surface area contributed by atoms with Gasteiger partial charge in [-0.1, -0.05) is 23.2 Å². The molecule has 2 rings (SSSR count). The van der Waals surface area contributed by atoms with Crippen molar-refractivity contribution in [3.05, 3.63) is 44.1 Å². The summed E-state index contributed by atoms with van der Waals surface area (Å²) in [6.45, 7) is 1.84. The van der Waals surface area contributed by atoms with Gasteiger partial charge in [0.1, 0.15) is 10.6 Å². The molecular weight excluding hydrogens is 293 g/mol. The van der Waals surface area contributed by atoms with Gasteiger partial charge in [0.05, 0.1) is 10.0 Å². The molecule has 0 aliphatic carbocycles. The quantitative estimate of drug-likeness (QED) is 0.812. The molecule has 0 radical (unpaired) electrons. The summed E-state index contributed by atoms with van der Waals surface area (Å²) >= 11 is 13.0. The van der Waals surface area contributed by atoms with Crippen molar-refractivity contribution in [3.63, 3.8) is 0 Å². The number of phenolic OH excluding ortho intramolecular Hbond substituents is 1. The van der Waals surface area contributed by atoms with Crippen LogP contribution in [-0.2, 0) is 0 Å². The van der Waals surface area contributed by atoms with Gasteiger partial charge in [0, 0.05) is 5.69 Å². The maximum Gasteiger partial charge on any atom is 0.267 e. The molecule has 0 saturated heterocycles.